The molecular weight excluding hydrogens is 122 g/mol. The van der Waals surface area contributed by atoms with Crippen LogP contribution in [0.4, 0.5) is 0 Å². The number of rotatable bonds is 1. The summed E-state index contributed by atoms with van der Waals surface area (Å²) in [5.74, 6) is 0.877. The van der Waals surface area contributed by atoms with E-state index < -0.39 is 0 Å². The van der Waals surface area contributed by atoms with Crippen molar-refractivity contribution in [2.75, 3.05) is 20.1 Å². The van der Waals surface area contributed by atoms with Crippen LogP contribution in [0.1, 0.15) is 27.2 Å². The van der Waals surface area contributed by atoms with Gasteiger partial charge in [-0.3, -0.25) is 0 Å². The topological polar surface area (TPSA) is 3.24 Å². The zero-order valence-corrected chi connectivity index (χ0v) is 7.65. The van der Waals surface area contributed by atoms with Gasteiger partial charge in [-0.2, -0.15) is 0 Å². The first-order valence-electron chi connectivity index (χ1n) is 4.27. The van der Waals surface area contributed by atoms with Crippen LogP contribution >= 0.6 is 0 Å². The van der Waals surface area contributed by atoms with Gasteiger partial charge in [0.15, 0.2) is 0 Å². The lowest BCUT2D eigenvalue weighted by Gasteiger charge is -2.26. The molecule has 1 aliphatic rings. The largest absolute Gasteiger partial charge is 0.306 e. The first kappa shape index (κ1) is 8.06. The van der Waals surface area contributed by atoms with E-state index in [4.69, 9.17) is 0 Å². The monoisotopic (exact) mass is 141 g/mol. The molecule has 0 aliphatic carbocycles. The van der Waals surface area contributed by atoms with Crippen molar-refractivity contribution >= 4 is 0 Å². The molecule has 0 unspecified atom stereocenters. The lowest BCUT2D eigenvalue weighted by Crippen LogP contribution is -2.23. The Kier molecular flexibility index (Phi) is 2.04. The van der Waals surface area contributed by atoms with Crippen molar-refractivity contribution in [2.45, 2.75) is 27.2 Å². The fourth-order valence-corrected chi connectivity index (χ4v) is 1.99. The molecule has 0 radical (unpaired) electrons. The van der Waals surface area contributed by atoms with Gasteiger partial charge in [0, 0.05) is 13.1 Å². The molecule has 10 heavy (non-hydrogen) atoms. The maximum atomic E-state index is 2.44. The van der Waals surface area contributed by atoms with Crippen LogP contribution in [0.2, 0.25) is 0 Å². The Labute approximate surface area is 64.4 Å². The molecule has 0 spiro atoms. The first-order chi connectivity index (χ1) is 4.58. The van der Waals surface area contributed by atoms with Gasteiger partial charge < -0.3 is 4.90 Å². The number of likely N-dealkylation sites (tertiary alicyclic amines) is 1. The molecule has 60 valence electrons. The average Bonchev–Trinajstić information content (AvgIpc) is 2.09. The predicted molar refractivity (Wildman–Crippen MR) is 45.1 cm³/mol. The van der Waals surface area contributed by atoms with Crippen molar-refractivity contribution in [3.8, 4) is 0 Å². The third-order valence-corrected chi connectivity index (χ3v) is 3.21. The minimum Gasteiger partial charge on any atom is -0.306 e. The van der Waals surface area contributed by atoms with Crippen molar-refractivity contribution in [1.29, 1.82) is 0 Å². The van der Waals surface area contributed by atoms with Crippen LogP contribution in [0, 0.1) is 11.3 Å². The molecule has 0 amide bonds. The molecule has 0 saturated carbocycles. The summed E-state index contributed by atoms with van der Waals surface area (Å²) in [6, 6.07) is 0. The number of hydrogen-bond donors (Lipinski definition) is 0. The molecule has 1 heteroatoms. The fourth-order valence-electron chi connectivity index (χ4n) is 1.99. The second-order valence-corrected chi connectivity index (χ2v) is 4.11. The smallest absolute Gasteiger partial charge is 0.00353 e. The quantitative estimate of drug-likeness (QED) is 0.540. The van der Waals surface area contributed by atoms with Gasteiger partial charge in [-0.05, 0) is 24.8 Å². The summed E-state index contributed by atoms with van der Waals surface area (Å²) in [5, 5.41) is 0. The molecule has 1 aliphatic heterocycles. The highest BCUT2D eigenvalue weighted by Gasteiger charge is 2.36. The summed E-state index contributed by atoms with van der Waals surface area (Å²) in [5.41, 5.74) is 0.592. The summed E-state index contributed by atoms with van der Waals surface area (Å²) in [6.07, 6.45) is 1.32. The molecule has 0 aromatic rings. The third kappa shape index (κ3) is 1.20. The van der Waals surface area contributed by atoms with Crippen molar-refractivity contribution in [2.24, 2.45) is 11.3 Å². The van der Waals surface area contributed by atoms with Gasteiger partial charge in [-0.1, -0.05) is 20.8 Å². The Balaban J connectivity index is 2.61. The SMILES string of the molecule is CC[C@@]1(C)CN(C)C[C@@H]1C. The maximum Gasteiger partial charge on any atom is 0.00353 e. The van der Waals surface area contributed by atoms with Gasteiger partial charge >= 0.3 is 0 Å². The van der Waals surface area contributed by atoms with Crippen molar-refractivity contribution in [3.63, 3.8) is 0 Å². The van der Waals surface area contributed by atoms with Gasteiger partial charge in [0.2, 0.25) is 0 Å². The van der Waals surface area contributed by atoms with E-state index >= 15 is 0 Å². The molecule has 1 fully saturated rings. The summed E-state index contributed by atoms with van der Waals surface area (Å²) in [4.78, 5) is 2.44. The lowest BCUT2D eigenvalue weighted by atomic mass is 9.79. The van der Waals surface area contributed by atoms with Crippen LogP contribution in [0.5, 0.6) is 0 Å². The van der Waals surface area contributed by atoms with E-state index in [1.165, 1.54) is 19.5 Å². The van der Waals surface area contributed by atoms with Crippen LogP contribution in [0.25, 0.3) is 0 Å². The molecule has 2 atom stereocenters. The van der Waals surface area contributed by atoms with Gasteiger partial charge in [0.25, 0.3) is 0 Å². The molecule has 1 nitrogen and oxygen atoms in total. The highest BCUT2D eigenvalue weighted by atomic mass is 15.1. The molecule has 0 bridgehead atoms. The van der Waals surface area contributed by atoms with E-state index in [9.17, 15) is 0 Å². The molecule has 1 rings (SSSR count). The second-order valence-electron chi connectivity index (χ2n) is 4.11. The Morgan fingerprint density at radius 2 is 2.20 bits per heavy atom. The molecule has 0 N–H and O–H groups in total. The van der Waals surface area contributed by atoms with E-state index in [0.29, 0.717) is 5.41 Å². The fraction of sp³-hybridized carbons (Fsp3) is 1.00. The molecular formula is C9H19N. The Hall–Kier alpha value is -0.0400. The van der Waals surface area contributed by atoms with Crippen molar-refractivity contribution in [1.82, 2.24) is 4.90 Å². The van der Waals surface area contributed by atoms with Gasteiger partial charge in [0.05, 0.1) is 0 Å². The standard InChI is InChI=1S/C9H19N/c1-5-9(3)7-10(4)6-8(9)2/h8H,5-7H2,1-4H3/t8-,9-/m0/s1. The molecule has 0 aromatic carbocycles. The summed E-state index contributed by atoms with van der Waals surface area (Å²) in [7, 11) is 2.22. The van der Waals surface area contributed by atoms with Crippen molar-refractivity contribution < 1.29 is 0 Å². The lowest BCUT2D eigenvalue weighted by molar-refractivity contribution is 0.252. The van der Waals surface area contributed by atoms with Crippen molar-refractivity contribution in [3.05, 3.63) is 0 Å². The molecule has 0 aromatic heterocycles. The molecule has 1 saturated heterocycles. The number of hydrogen-bond acceptors (Lipinski definition) is 1. The van der Waals surface area contributed by atoms with Crippen LogP contribution in [0.3, 0.4) is 0 Å². The number of nitrogens with zero attached hydrogens (tertiary/aromatic N) is 1. The summed E-state index contributed by atoms with van der Waals surface area (Å²) >= 11 is 0. The van der Waals surface area contributed by atoms with E-state index in [2.05, 4.69) is 32.7 Å². The second kappa shape index (κ2) is 2.54. The Bertz CT molecular complexity index is 122. The third-order valence-electron chi connectivity index (χ3n) is 3.21. The summed E-state index contributed by atoms with van der Waals surface area (Å²) < 4.78 is 0. The highest BCUT2D eigenvalue weighted by molar-refractivity contribution is 4.88. The van der Waals surface area contributed by atoms with Crippen LogP contribution < -0.4 is 0 Å². The van der Waals surface area contributed by atoms with Gasteiger partial charge in [-0.15, -0.1) is 0 Å². The highest BCUT2D eigenvalue weighted by Crippen LogP contribution is 2.37. The zero-order chi connectivity index (χ0) is 7.78. The van der Waals surface area contributed by atoms with E-state index in [1.54, 1.807) is 0 Å². The van der Waals surface area contributed by atoms with E-state index in [0.717, 1.165) is 5.92 Å². The normalized spacial score (nSPS) is 42.6. The Morgan fingerprint density at radius 3 is 2.40 bits per heavy atom. The van der Waals surface area contributed by atoms with Crippen LogP contribution in [-0.2, 0) is 0 Å². The van der Waals surface area contributed by atoms with Gasteiger partial charge in [0.1, 0.15) is 0 Å². The maximum absolute atomic E-state index is 2.44. The predicted octanol–water partition coefficient (Wildman–Crippen LogP) is 1.98. The average molecular weight is 141 g/mol. The van der Waals surface area contributed by atoms with Gasteiger partial charge in [-0.25, -0.2) is 0 Å². The zero-order valence-electron chi connectivity index (χ0n) is 7.65. The molecule has 1 heterocycles. The first-order valence-corrected chi connectivity index (χ1v) is 4.27. The van der Waals surface area contributed by atoms with Crippen LogP contribution in [-0.4, -0.2) is 25.0 Å². The van der Waals surface area contributed by atoms with E-state index in [1.807, 2.05) is 0 Å². The summed E-state index contributed by atoms with van der Waals surface area (Å²) in [6.45, 7) is 9.64. The minimum atomic E-state index is 0.592. The van der Waals surface area contributed by atoms with E-state index in [-0.39, 0.29) is 0 Å². The van der Waals surface area contributed by atoms with Crippen LogP contribution in [0.15, 0.2) is 0 Å². The Morgan fingerprint density at radius 1 is 1.60 bits per heavy atom. The minimum absolute atomic E-state index is 0.592.